The van der Waals surface area contributed by atoms with E-state index in [1.165, 1.54) is 7.11 Å². The molecule has 4 nitrogen and oxygen atoms in total. The third kappa shape index (κ3) is 3.19. The van der Waals surface area contributed by atoms with Crippen molar-refractivity contribution >= 4 is 6.09 Å². The molecule has 0 aliphatic carbocycles. The van der Waals surface area contributed by atoms with Crippen molar-refractivity contribution in [2.45, 2.75) is 19.4 Å². The van der Waals surface area contributed by atoms with Gasteiger partial charge in [0.2, 0.25) is 0 Å². The van der Waals surface area contributed by atoms with Crippen molar-refractivity contribution in [1.82, 2.24) is 5.32 Å². The number of nitrogens with one attached hydrogen (secondary N) is 1. The number of amides is 1. The van der Waals surface area contributed by atoms with Crippen LogP contribution in [0.3, 0.4) is 0 Å². The molecule has 0 saturated carbocycles. The van der Waals surface area contributed by atoms with E-state index in [4.69, 9.17) is 4.42 Å². The molecule has 1 aromatic rings. The Balaban J connectivity index is 2.33. The van der Waals surface area contributed by atoms with Crippen molar-refractivity contribution in [2.24, 2.45) is 0 Å². The van der Waals surface area contributed by atoms with Crippen molar-refractivity contribution in [3.05, 3.63) is 24.2 Å². The lowest BCUT2D eigenvalue weighted by Gasteiger charge is -2.10. The minimum Gasteiger partial charge on any atom is -0.472 e. The molecule has 0 bridgehead atoms. The van der Waals surface area contributed by atoms with E-state index in [0.29, 0.717) is 0 Å². The van der Waals surface area contributed by atoms with Crippen molar-refractivity contribution in [3.8, 4) is 0 Å². The topological polar surface area (TPSA) is 51.5 Å². The van der Waals surface area contributed by atoms with Gasteiger partial charge in [-0.1, -0.05) is 0 Å². The van der Waals surface area contributed by atoms with Gasteiger partial charge in [0.15, 0.2) is 0 Å². The van der Waals surface area contributed by atoms with E-state index in [2.05, 4.69) is 10.1 Å². The number of hydrogen-bond donors (Lipinski definition) is 1. The highest BCUT2D eigenvalue weighted by molar-refractivity contribution is 5.67. The summed E-state index contributed by atoms with van der Waals surface area (Å²) in [5, 5.41) is 2.66. The molecule has 0 fully saturated rings. The first-order chi connectivity index (χ1) is 6.22. The standard InChI is InChI=1S/C9H13NO3/c1-7(10-9(11)12-2)5-8-3-4-13-6-8/h3-4,6-7H,5H2,1-2H3,(H,10,11)/t7-/m0/s1. The number of hydrogen-bond acceptors (Lipinski definition) is 3. The molecule has 0 aromatic carbocycles. The van der Waals surface area contributed by atoms with E-state index in [0.717, 1.165) is 12.0 Å². The van der Waals surface area contributed by atoms with Gasteiger partial charge < -0.3 is 14.5 Å². The quantitative estimate of drug-likeness (QED) is 0.773. The molecule has 72 valence electrons. The molecule has 1 N–H and O–H groups in total. The normalized spacial score (nSPS) is 12.2. The van der Waals surface area contributed by atoms with E-state index < -0.39 is 6.09 Å². The summed E-state index contributed by atoms with van der Waals surface area (Å²) in [5.74, 6) is 0. The van der Waals surface area contributed by atoms with Gasteiger partial charge in [-0.25, -0.2) is 4.79 Å². The van der Waals surface area contributed by atoms with Crippen LogP contribution in [-0.4, -0.2) is 19.2 Å². The van der Waals surface area contributed by atoms with Gasteiger partial charge in [-0.2, -0.15) is 0 Å². The lowest BCUT2D eigenvalue weighted by molar-refractivity contribution is 0.167. The summed E-state index contributed by atoms with van der Waals surface area (Å²) in [4.78, 5) is 10.8. The number of alkyl carbamates (subject to hydrolysis) is 1. The minimum atomic E-state index is -0.406. The van der Waals surface area contributed by atoms with E-state index >= 15 is 0 Å². The summed E-state index contributed by atoms with van der Waals surface area (Å²) in [6.45, 7) is 1.91. The lowest BCUT2D eigenvalue weighted by atomic mass is 10.1. The number of ether oxygens (including phenoxy) is 1. The Morgan fingerprint density at radius 1 is 1.77 bits per heavy atom. The van der Waals surface area contributed by atoms with E-state index in [1.807, 2.05) is 13.0 Å². The maximum Gasteiger partial charge on any atom is 0.407 e. The highest BCUT2D eigenvalue weighted by Gasteiger charge is 2.07. The molecule has 1 amide bonds. The molecule has 1 rings (SSSR count). The van der Waals surface area contributed by atoms with Crippen LogP contribution in [0.1, 0.15) is 12.5 Å². The monoisotopic (exact) mass is 183 g/mol. The lowest BCUT2D eigenvalue weighted by Crippen LogP contribution is -2.33. The fourth-order valence-electron chi connectivity index (χ4n) is 1.07. The first kappa shape index (κ1) is 9.64. The summed E-state index contributed by atoms with van der Waals surface area (Å²) in [6.07, 6.45) is 3.61. The third-order valence-electron chi connectivity index (χ3n) is 1.67. The van der Waals surface area contributed by atoms with Crippen LogP contribution in [-0.2, 0) is 11.2 Å². The zero-order valence-corrected chi connectivity index (χ0v) is 7.74. The SMILES string of the molecule is COC(=O)N[C@@H](C)Cc1ccoc1. The highest BCUT2D eigenvalue weighted by Crippen LogP contribution is 2.03. The second-order valence-corrected chi connectivity index (χ2v) is 2.87. The predicted octanol–water partition coefficient (Wildman–Crippen LogP) is 1.57. The van der Waals surface area contributed by atoms with Gasteiger partial charge >= 0.3 is 6.09 Å². The zero-order valence-electron chi connectivity index (χ0n) is 7.74. The predicted molar refractivity (Wildman–Crippen MR) is 47.4 cm³/mol. The van der Waals surface area contributed by atoms with E-state index in [-0.39, 0.29) is 6.04 Å². The van der Waals surface area contributed by atoms with Gasteiger partial charge in [-0.15, -0.1) is 0 Å². The van der Waals surface area contributed by atoms with Crippen molar-refractivity contribution in [2.75, 3.05) is 7.11 Å². The van der Waals surface area contributed by atoms with Crippen LogP contribution >= 0.6 is 0 Å². The average Bonchev–Trinajstić information content (AvgIpc) is 2.56. The Bertz CT molecular complexity index is 256. The first-order valence-corrected chi connectivity index (χ1v) is 4.08. The van der Waals surface area contributed by atoms with Gasteiger partial charge in [-0.05, 0) is 25.0 Å². The van der Waals surface area contributed by atoms with Crippen molar-refractivity contribution in [1.29, 1.82) is 0 Å². The maximum atomic E-state index is 10.8. The summed E-state index contributed by atoms with van der Waals surface area (Å²) >= 11 is 0. The minimum absolute atomic E-state index is 0.0463. The van der Waals surface area contributed by atoms with E-state index in [1.54, 1.807) is 12.5 Å². The fraction of sp³-hybridized carbons (Fsp3) is 0.444. The molecular weight excluding hydrogens is 170 g/mol. The summed E-state index contributed by atoms with van der Waals surface area (Å²) in [5.41, 5.74) is 1.06. The maximum absolute atomic E-state index is 10.8. The highest BCUT2D eigenvalue weighted by atomic mass is 16.5. The van der Waals surface area contributed by atoms with Gasteiger partial charge in [0.25, 0.3) is 0 Å². The molecule has 0 spiro atoms. The number of furan rings is 1. The number of carbonyl (C=O) groups excluding carboxylic acids is 1. The number of carbonyl (C=O) groups is 1. The van der Waals surface area contributed by atoms with Crippen LogP contribution in [0.4, 0.5) is 4.79 Å². The Morgan fingerprint density at radius 3 is 3.08 bits per heavy atom. The summed E-state index contributed by atoms with van der Waals surface area (Å²) in [6, 6.07) is 1.92. The molecule has 1 atom stereocenters. The van der Waals surface area contributed by atoms with Crippen LogP contribution in [0.15, 0.2) is 23.0 Å². The molecule has 0 saturated heterocycles. The second-order valence-electron chi connectivity index (χ2n) is 2.87. The largest absolute Gasteiger partial charge is 0.472 e. The van der Waals surface area contributed by atoms with Crippen LogP contribution in [0.25, 0.3) is 0 Å². The van der Waals surface area contributed by atoms with Gasteiger partial charge in [0.1, 0.15) is 0 Å². The van der Waals surface area contributed by atoms with Crippen LogP contribution < -0.4 is 5.32 Å². The summed E-state index contributed by atoms with van der Waals surface area (Å²) in [7, 11) is 1.35. The molecule has 0 aliphatic rings. The molecular formula is C9H13NO3. The number of methoxy groups -OCH3 is 1. The Hall–Kier alpha value is -1.45. The number of rotatable bonds is 3. The third-order valence-corrected chi connectivity index (χ3v) is 1.67. The molecule has 4 heteroatoms. The Kier molecular flexibility index (Phi) is 3.37. The van der Waals surface area contributed by atoms with E-state index in [9.17, 15) is 4.79 Å². The average molecular weight is 183 g/mol. The van der Waals surface area contributed by atoms with Crippen LogP contribution in [0, 0.1) is 0 Å². The smallest absolute Gasteiger partial charge is 0.407 e. The van der Waals surface area contributed by atoms with Crippen molar-refractivity contribution in [3.63, 3.8) is 0 Å². The zero-order chi connectivity index (χ0) is 9.68. The second kappa shape index (κ2) is 4.54. The van der Waals surface area contributed by atoms with Crippen molar-refractivity contribution < 1.29 is 13.9 Å². The summed E-state index contributed by atoms with van der Waals surface area (Å²) < 4.78 is 9.37. The molecule has 0 radical (unpaired) electrons. The Labute approximate surface area is 76.9 Å². The van der Waals surface area contributed by atoms with Crippen LogP contribution in [0.5, 0.6) is 0 Å². The molecule has 1 aromatic heterocycles. The van der Waals surface area contributed by atoms with Gasteiger partial charge in [-0.3, -0.25) is 0 Å². The molecule has 0 unspecified atom stereocenters. The van der Waals surface area contributed by atoms with Crippen LogP contribution in [0.2, 0.25) is 0 Å². The molecule has 1 heterocycles. The Morgan fingerprint density at radius 2 is 2.54 bits per heavy atom. The fourth-order valence-corrected chi connectivity index (χ4v) is 1.07. The molecule has 13 heavy (non-hydrogen) atoms. The van der Waals surface area contributed by atoms with Gasteiger partial charge in [0.05, 0.1) is 19.6 Å². The van der Waals surface area contributed by atoms with Gasteiger partial charge in [0, 0.05) is 6.04 Å². The first-order valence-electron chi connectivity index (χ1n) is 4.08. The molecule has 0 aliphatic heterocycles.